The van der Waals surface area contributed by atoms with Gasteiger partial charge in [0.05, 0.1) is 52.0 Å². The quantitative estimate of drug-likeness (QED) is 0.0286. The van der Waals surface area contributed by atoms with Crippen molar-refractivity contribution >= 4 is 101 Å². The predicted octanol–water partition coefficient (Wildman–Crippen LogP) is 11.3. The molecule has 0 bridgehead atoms. The number of rotatable bonds is 28. The number of aliphatic hydroxyl groups is 1. The highest BCUT2D eigenvalue weighted by atomic mass is 35.5. The molecule has 6 atom stereocenters. The van der Waals surface area contributed by atoms with Crippen molar-refractivity contribution in [1.29, 1.82) is 0 Å². The fraction of sp³-hybridized carbons (Fsp3) is 0.524. The van der Waals surface area contributed by atoms with E-state index in [-0.39, 0.29) is 60.2 Å². The second kappa shape index (κ2) is 38.1. The van der Waals surface area contributed by atoms with Gasteiger partial charge < -0.3 is 45.4 Å². The van der Waals surface area contributed by atoms with E-state index in [9.17, 15) is 59.1 Å². The van der Waals surface area contributed by atoms with Gasteiger partial charge in [-0.3, -0.25) is 38.7 Å². The Hall–Kier alpha value is -7.49. The van der Waals surface area contributed by atoms with Crippen LogP contribution in [0.4, 0.5) is 24.5 Å². The molecule has 6 heterocycles. The first-order valence-corrected chi connectivity index (χ1v) is 45.1. The Kier molecular flexibility index (Phi) is 28.7. The Morgan fingerprint density at radius 1 is 0.783 bits per heavy atom. The van der Waals surface area contributed by atoms with Crippen molar-refractivity contribution in [2.75, 3.05) is 140 Å². The lowest BCUT2D eigenvalue weighted by atomic mass is 9.71. The third kappa shape index (κ3) is 22.7. The number of allylic oxidation sites excluding steroid dienone is 1. The van der Waals surface area contributed by atoms with Crippen molar-refractivity contribution < 1.29 is 63.8 Å². The summed E-state index contributed by atoms with van der Waals surface area (Å²) in [7, 11) is -11.0. The molecule has 0 unspecified atom stereocenters. The molecule has 5 aromatic carbocycles. The number of benzene rings is 5. The highest BCUT2D eigenvalue weighted by Crippen LogP contribution is 2.45. The average molecular weight is 1680 g/mol. The number of aliphatic hydroxyl groups excluding tert-OH is 1. The van der Waals surface area contributed by atoms with Gasteiger partial charge >= 0.3 is 5.51 Å². The lowest BCUT2D eigenvalue weighted by Crippen LogP contribution is -2.59. The number of piperazine rings is 2. The monoisotopic (exact) mass is 1680 g/mol. The number of ether oxygens (including phenoxy) is 1. The molecule has 31 heteroatoms. The number of anilines is 2. The molecule has 622 valence electrons. The number of hydrogen-bond acceptors (Lipinski definition) is 20. The van der Waals surface area contributed by atoms with Crippen LogP contribution >= 0.6 is 34.7 Å². The molecule has 1 aliphatic carbocycles. The highest BCUT2D eigenvalue weighted by molar-refractivity contribution is 7.99. The number of hydrogen-bond donors (Lipinski definition) is 5. The Morgan fingerprint density at radius 3 is 2.14 bits per heavy atom. The molecular formula is C84H108ClF3N12O11S4. The summed E-state index contributed by atoms with van der Waals surface area (Å²) < 4.78 is 105. The van der Waals surface area contributed by atoms with Crippen LogP contribution in [-0.2, 0) is 43.8 Å². The molecule has 5 N–H and O–H groups in total. The van der Waals surface area contributed by atoms with Gasteiger partial charge in [0, 0.05) is 144 Å². The van der Waals surface area contributed by atoms with Crippen LogP contribution in [0.3, 0.4) is 0 Å². The zero-order valence-corrected chi connectivity index (χ0v) is 70.4. The number of aromatic nitrogens is 1. The zero-order chi connectivity index (χ0) is 82.0. The van der Waals surface area contributed by atoms with Crippen molar-refractivity contribution in [2.45, 2.75) is 150 Å². The van der Waals surface area contributed by atoms with Gasteiger partial charge in [-0.15, -0.1) is 23.1 Å². The van der Waals surface area contributed by atoms with E-state index in [0.717, 1.165) is 134 Å². The summed E-state index contributed by atoms with van der Waals surface area (Å²) in [5, 5.41) is 20.6. The molecule has 23 nitrogen and oxygen atoms in total. The van der Waals surface area contributed by atoms with E-state index >= 15 is 0 Å². The second-order valence-corrected chi connectivity index (χ2v) is 38.9. The number of sulfonamides is 1. The molecular weight excluding hydrogens is 1570 g/mol. The third-order valence-electron chi connectivity index (χ3n) is 23.2. The van der Waals surface area contributed by atoms with Gasteiger partial charge in [-0.25, -0.2) is 26.5 Å². The van der Waals surface area contributed by atoms with Gasteiger partial charge in [-0.05, 0) is 178 Å². The van der Waals surface area contributed by atoms with Gasteiger partial charge in [0.25, 0.3) is 25.8 Å². The van der Waals surface area contributed by atoms with E-state index in [1.165, 1.54) is 39.9 Å². The van der Waals surface area contributed by atoms with Gasteiger partial charge in [0.2, 0.25) is 23.6 Å². The summed E-state index contributed by atoms with van der Waals surface area (Å²) in [5.74, 6) is -1.49. The minimum Gasteiger partial charge on any atom is -0.391 e. The number of likely N-dealkylation sites (tertiary alicyclic amines) is 2. The number of amides is 5. The van der Waals surface area contributed by atoms with Crippen LogP contribution in [-0.4, -0.2) is 246 Å². The van der Waals surface area contributed by atoms with E-state index < -0.39 is 82.3 Å². The van der Waals surface area contributed by atoms with Crippen molar-refractivity contribution in [3.63, 3.8) is 0 Å². The summed E-state index contributed by atoms with van der Waals surface area (Å²) in [6.07, 6.45) is 5.12. The number of β-amino-alcohol motifs (C(OH)–C–C–N with tert-alkyl or cyclic N) is 1. The molecule has 0 radical (unpaired) electrons. The summed E-state index contributed by atoms with van der Waals surface area (Å²) in [4.78, 5) is 88.9. The van der Waals surface area contributed by atoms with E-state index in [4.69, 9.17) is 16.3 Å². The molecule has 5 amide bonds. The number of carbonyl (C=O) groups excluding carboxylic acids is 5. The minimum atomic E-state index is -6.12. The molecule has 0 spiro atoms. The van der Waals surface area contributed by atoms with Gasteiger partial charge in [-0.2, -0.15) is 13.2 Å². The van der Waals surface area contributed by atoms with Crippen LogP contribution in [0.15, 0.2) is 147 Å². The van der Waals surface area contributed by atoms with Crippen LogP contribution in [0, 0.1) is 23.7 Å². The fourth-order valence-corrected chi connectivity index (χ4v) is 20.5. The number of halogens is 4. The minimum absolute atomic E-state index is 0.0274. The normalized spacial score (nSPS) is 21.2. The van der Waals surface area contributed by atoms with E-state index in [0.29, 0.717) is 95.3 Å². The van der Waals surface area contributed by atoms with Crippen molar-refractivity contribution in [3.8, 4) is 10.4 Å². The first-order chi connectivity index (χ1) is 54.7. The predicted molar refractivity (Wildman–Crippen MR) is 444 cm³/mol. The number of alkyl halides is 3. The van der Waals surface area contributed by atoms with Crippen LogP contribution in [0.5, 0.6) is 0 Å². The smallest absolute Gasteiger partial charge is 0.391 e. The van der Waals surface area contributed by atoms with Gasteiger partial charge in [0.1, 0.15) is 17.0 Å². The molecule has 6 aromatic rings. The first-order valence-electron chi connectivity index (χ1n) is 39.9. The largest absolute Gasteiger partial charge is 0.501 e. The van der Waals surface area contributed by atoms with E-state index in [2.05, 4.69) is 64.5 Å². The van der Waals surface area contributed by atoms with E-state index in [1.807, 2.05) is 116 Å². The molecule has 0 saturated carbocycles. The van der Waals surface area contributed by atoms with Gasteiger partial charge in [-0.1, -0.05) is 99.5 Å². The number of piperidine rings is 1. The Bertz CT molecular complexity index is 4630. The third-order valence-corrected chi connectivity index (χ3v) is 28.5. The zero-order valence-electron chi connectivity index (χ0n) is 66.3. The van der Waals surface area contributed by atoms with Crippen molar-refractivity contribution in [1.82, 2.24) is 49.7 Å². The van der Waals surface area contributed by atoms with Gasteiger partial charge in [0.15, 0.2) is 0 Å². The maximum atomic E-state index is 14.5. The van der Waals surface area contributed by atoms with Crippen LogP contribution < -0.4 is 25.6 Å². The fourth-order valence-electron chi connectivity index (χ4n) is 16.6. The topological polar surface area (TPSA) is 267 Å². The highest BCUT2D eigenvalue weighted by Gasteiger charge is 2.49. The number of nitrogens with zero attached hydrogens (tertiary/aromatic N) is 8. The SMILES string of the molecule is Cc1ncsc1-c1ccc([C@H](C)NC(=O)[C@@H]2C[C@@H](O)CN2C(=O)[C@@H](NC(=O)CN2CCC(CC(=O)N3CCN(C[C@]4(C)CCC(c5ccc(Cl)cc5)=C(CN5CCN(c6ccc(C(=O)NS(=O)(=O)c7ccc(N[C@H](CCN8CCCOCC8)CSc8ccccc8)c(S(=O)(=O)C(F)(F)F)c7)cc6)CC5)C4)CC3)CC2)C(C)(C)C)cc1. The lowest BCUT2D eigenvalue weighted by molar-refractivity contribution is -0.144. The second-order valence-electron chi connectivity index (χ2n) is 33.0. The Labute approximate surface area is 687 Å². The number of sulfone groups is 1. The molecule has 115 heavy (non-hydrogen) atoms. The molecule has 5 saturated heterocycles. The standard InChI is InChI=1S/C84H108ClF3N12O11S4/c1-57(60-13-15-62(16-14-60)77-58(2)89-56-113-77)90-80(105)73-48-68(101)52-100(73)81(106)78(82(3,4)5)92-75(102)53-95-33-28-59(29-34-95)47-76(103)99-42-38-97(39-43-99)55-83(6)31-27-71(61-17-21-65(85)22-18-61)64(50-83)51-96-36-40-98(41-37-96)67-23-19-63(20-24-67)79(104)93-115(109,110)70-25-26-72(74(49-70)114(107,108)84(86,87)88)91-66(54-112-69-11-8-7-9-12-69)30-35-94-32-10-45-111-46-44-94/h7-9,11-26,49,56-57,59,66,68,73,78,91,101H,10,27-48,50-55H2,1-6H3,(H,90,105)(H,92,102)(H,93,104)/t57-,66+,68+,73-,78+,83+/m0/s1. The maximum Gasteiger partial charge on any atom is 0.501 e. The average Bonchev–Trinajstić information content (AvgIpc) is 1.38. The molecule has 6 aliphatic rings. The maximum absolute atomic E-state index is 14.5. The number of thiazole rings is 1. The number of thioether (sulfide) groups is 1. The molecule has 5 fully saturated rings. The molecule has 1 aromatic heterocycles. The summed E-state index contributed by atoms with van der Waals surface area (Å²) in [6, 6.07) is 31.4. The summed E-state index contributed by atoms with van der Waals surface area (Å²) in [5.41, 5.74) is 2.35. The van der Waals surface area contributed by atoms with Crippen molar-refractivity contribution in [3.05, 3.63) is 160 Å². The van der Waals surface area contributed by atoms with Crippen LogP contribution in [0.25, 0.3) is 16.0 Å². The number of carbonyl (C=O) groups is 5. The van der Waals surface area contributed by atoms with Crippen LogP contribution in [0.1, 0.15) is 126 Å². The molecule has 5 aliphatic heterocycles. The first kappa shape index (κ1) is 86.8. The van der Waals surface area contributed by atoms with Crippen LogP contribution in [0.2, 0.25) is 5.02 Å². The van der Waals surface area contributed by atoms with E-state index in [1.54, 1.807) is 23.5 Å². The number of nitrogens with one attached hydrogen (secondary N) is 4. The Balaban J connectivity index is 0.594. The number of aryl methyl sites for hydroxylation is 1. The Morgan fingerprint density at radius 2 is 1.47 bits per heavy atom. The summed E-state index contributed by atoms with van der Waals surface area (Å²) in [6.45, 7) is 23.5. The summed E-state index contributed by atoms with van der Waals surface area (Å²) >= 11 is 9.43. The molecule has 12 rings (SSSR count). The lowest BCUT2D eigenvalue weighted by Gasteiger charge is -2.44. The van der Waals surface area contributed by atoms with Crippen molar-refractivity contribution in [2.24, 2.45) is 16.7 Å².